The van der Waals surface area contributed by atoms with Gasteiger partial charge in [-0.05, 0) is 37.9 Å². The van der Waals surface area contributed by atoms with E-state index in [-0.39, 0.29) is 6.04 Å². The van der Waals surface area contributed by atoms with Gasteiger partial charge in [0.25, 0.3) is 0 Å². The Balaban J connectivity index is 2.22. The Labute approximate surface area is 134 Å². The van der Waals surface area contributed by atoms with Gasteiger partial charge in [-0.15, -0.1) is 0 Å². The normalized spacial score (nSPS) is 21.6. The maximum atomic E-state index is 6.51. The number of nitrogens with zero attached hydrogens (tertiary/aromatic N) is 2. The molecule has 0 amide bonds. The molecule has 0 radical (unpaired) electrons. The van der Waals surface area contributed by atoms with Gasteiger partial charge in [0.2, 0.25) is 0 Å². The summed E-state index contributed by atoms with van der Waals surface area (Å²) in [5.74, 6) is 0. The number of halogens is 1. The van der Waals surface area contributed by atoms with E-state index in [1.54, 1.807) is 0 Å². The molecule has 0 aliphatic carbocycles. The Bertz CT molecular complexity index is 463. The summed E-state index contributed by atoms with van der Waals surface area (Å²) in [6.45, 7) is 10.9. The van der Waals surface area contributed by atoms with Gasteiger partial charge in [0.15, 0.2) is 0 Å². The fraction of sp³-hybridized carbons (Fsp3) is 0.647. The minimum atomic E-state index is 0.205. The first kappa shape index (κ1) is 16.6. The van der Waals surface area contributed by atoms with E-state index >= 15 is 0 Å². The molecule has 1 heterocycles. The molecule has 3 nitrogen and oxygen atoms in total. The second-order valence-electron chi connectivity index (χ2n) is 6.04. The molecule has 0 saturated carbocycles. The summed E-state index contributed by atoms with van der Waals surface area (Å²) in [4.78, 5) is 4.96. The zero-order valence-corrected chi connectivity index (χ0v) is 14.2. The number of benzene rings is 1. The molecule has 21 heavy (non-hydrogen) atoms. The first-order valence-corrected chi connectivity index (χ1v) is 8.46. The van der Waals surface area contributed by atoms with E-state index in [1.165, 1.54) is 11.3 Å². The Kier molecular flexibility index (Phi) is 5.91. The number of piperazine rings is 1. The lowest BCUT2D eigenvalue weighted by Crippen LogP contribution is -2.52. The van der Waals surface area contributed by atoms with E-state index < -0.39 is 0 Å². The Morgan fingerprint density at radius 3 is 2.71 bits per heavy atom. The van der Waals surface area contributed by atoms with Crippen LogP contribution in [0.25, 0.3) is 0 Å². The molecule has 0 spiro atoms. The summed E-state index contributed by atoms with van der Waals surface area (Å²) in [6, 6.07) is 6.97. The smallest absolute Gasteiger partial charge is 0.0642 e. The van der Waals surface area contributed by atoms with E-state index in [0.717, 1.165) is 44.0 Å². The van der Waals surface area contributed by atoms with Gasteiger partial charge in [-0.25, -0.2) is 0 Å². The van der Waals surface area contributed by atoms with Crippen LogP contribution in [-0.4, -0.2) is 43.2 Å². The van der Waals surface area contributed by atoms with Crippen molar-refractivity contribution in [2.45, 2.75) is 45.7 Å². The zero-order chi connectivity index (χ0) is 15.4. The third kappa shape index (κ3) is 3.91. The average molecular weight is 310 g/mol. The summed E-state index contributed by atoms with van der Waals surface area (Å²) in [5.41, 5.74) is 8.64. The van der Waals surface area contributed by atoms with E-state index in [0.29, 0.717) is 6.04 Å². The number of likely N-dealkylation sites (N-methyl/N-ethyl adjacent to an activating group) is 1. The lowest BCUT2D eigenvalue weighted by atomic mass is 10.0. The van der Waals surface area contributed by atoms with Gasteiger partial charge in [0.1, 0.15) is 0 Å². The van der Waals surface area contributed by atoms with Crippen LogP contribution in [0.3, 0.4) is 0 Å². The van der Waals surface area contributed by atoms with Crippen LogP contribution in [0, 0.1) is 0 Å². The van der Waals surface area contributed by atoms with Gasteiger partial charge in [-0.3, -0.25) is 4.90 Å². The van der Waals surface area contributed by atoms with Gasteiger partial charge in [0, 0.05) is 31.7 Å². The standard InChI is InChI=1S/C17H28ClN3/c1-4-15(19)11-14-7-6-8-16(18)17(14)21-10-9-20(5-2)13(3)12-21/h6-8,13,15H,4-5,9-12,19H2,1-3H3. The minimum absolute atomic E-state index is 0.205. The summed E-state index contributed by atoms with van der Waals surface area (Å²) < 4.78 is 0. The number of anilines is 1. The summed E-state index contributed by atoms with van der Waals surface area (Å²) >= 11 is 6.51. The van der Waals surface area contributed by atoms with Gasteiger partial charge >= 0.3 is 0 Å². The van der Waals surface area contributed by atoms with Crippen molar-refractivity contribution in [1.29, 1.82) is 0 Å². The van der Waals surface area contributed by atoms with Crippen molar-refractivity contribution in [3.8, 4) is 0 Å². The van der Waals surface area contributed by atoms with Crippen LogP contribution < -0.4 is 10.6 Å². The quantitative estimate of drug-likeness (QED) is 0.907. The summed E-state index contributed by atoms with van der Waals surface area (Å²) in [7, 11) is 0. The van der Waals surface area contributed by atoms with E-state index in [4.69, 9.17) is 17.3 Å². The van der Waals surface area contributed by atoms with E-state index in [9.17, 15) is 0 Å². The van der Waals surface area contributed by atoms with Crippen LogP contribution >= 0.6 is 11.6 Å². The molecule has 0 bridgehead atoms. The van der Waals surface area contributed by atoms with Crippen molar-refractivity contribution in [1.82, 2.24) is 4.90 Å². The van der Waals surface area contributed by atoms with Crippen molar-refractivity contribution >= 4 is 17.3 Å². The third-order valence-electron chi connectivity index (χ3n) is 4.56. The molecule has 2 rings (SSSR count). The fourth-order valence-corrected chi connectivity index (χ4v) is 3.49. The maximum Gasteiger partial charge on any atom is 0.0642 e. The molecule has 2 N–H and O–H groups in total. The second-order valence-corrected chi connectivity index (χ2v) is 6.45. The monoisotopic (exact) mass is 309 g/mol. The van der Waals surface area contributed by atoms with Crippen molar-refractivity contribution in [2.24, 2.45) is 5.73 Å². The Morgan fingerprint density at radius 1 is 1.33 bits per heavy atom. The minimum Gasteiger partial charge on any atom is -0.367 e. The Hall–Kier alpha value is -0.770. The third-order valence-corrected chi connectivity index (χ3v) is 4.87. The van der Waals surface area contributed by atoms with Gasteiger partial charge in [-0.1, -0.05) is 37.6 Å². The van der Waals surface area contributed by atoms with Gasteiger partial charge in [0.05, 0.1) is 10.7 Å². The molecular formula is C17H28ClN3. The molecular weight excluding hydrogens is 282 g/mol. The van der Waals surface area contributed by atoms with E-state index in [2.05, 4.69) is 36.6 Å². The number of rotatable bonds is 5. The number of hydrogen-bond donors (Lipinski definition) is 1. The highest BCUT2D eigenvalue weighted by Crippen LogP contribution is 2.32. The molecule has 2 atom stereocenters. The molecule has 1 aromatic rings. The molecule has 2 unspecified atom stereocenters. The highest BCUT2D eigenvalue weighted by atomic mass is 35.5. The maximum absolute atomic E-state index is 6.51. The molecule has 4 heteroatoms. The lowest BCUT2D eigenvalue weighted by molar-refractivity contribution is 0.199. The van der Waals surface area contributed by atoms with Crippen LogP contribution in [0.2, 0.25) is 5.02 Å². The molecule has 1 aliphatic rings. The largest absolute Gasteiger partial charge is 0.367 e. The van der Waals surface area contributed by atoms with Gasteiger partial charge < -0.3 is 10.6 Å². The highest BCUT2D eigenvalue weighted by Gasteiger charge is 2.25. The predicted octanol–water partition coefficient (Wildman–Crippen LogP) is 3.15. The molecule has 1 aromatic carbocycles. The highest BCUT2D eigenvalue weighted by molar-refractivity contribution is 6.33. The van der Waals surface area contributed by atoms with Crippen LogP contribution in [0.15, 0.2) is 18.2 Å². The molecule has 1 saturated heterocycles. The summed E-state index contributed by atoms with van der Waals surface area (Å²) in [5, 5.41) is 0.855. The van der Waals surface area contributed by atoms with E-state index in [1.807, 2.05) is 12.1 Å². The lowest BCUT2D eigenvalue weighted by Gasteiger charge is -2.41. The topological polar surface area (TPSA) is 32.5 Å². The van der Waals surface area contributed by atoms with Crippen LogP contribution in [0.1, 0.15) is 32.8 Å². The molecule has 0 aromatic heterocycles. The van der Waals surface area contributed by atoms with Crippen molar-refractivity contribution < 1.29 is 0 Å². The van der Waals surface area contributed by atoms with Crippen LogP contribution in [0.5, 0.6) is 0 Å². The zero-order valence-electron chi connectivity index (χ0n) is 13.5. The first-order chi connectivity index (χ1) is 10.1. The molecule has 1 fully saturated rings. The molecule has 1 aliphatic heterocycles. The Morgan fingerprint density at radius 2 is 2.10 bits per heavy atom. The number of nitrogens with two attached hydrogens (primary N) is 1. The summed E-state index contributed by atoms with van der Waals surface area (Å²) in [6.07, 6.45) is 1.89. The van der Waals surface area contributed by atoms with Crippen molar-refractivity contribution in [2.75, 3.05) is 31.1 Å². The van der Waals surface area contributed by atoms with Crippen LogP contribution in [-0.2, 0) is 6.42 Å². The van der Waals surface area contributed by atoms with Gasteiger partial charge in [-0.2, -0.15) is 0 Å². The first-order valence-electron chi connectivity index (χ1n) is 8.08. The van der Waals surface area contributed by atoms with Crippen LogP contribution in [0.4, 0.5) is 5.69 Å². The molecule has 118 valence electrons. The number of hydrogen-bond acceptors (Lipinski definition) is 3. The fourth-order valence-electron chi connectivity index (χ4n) is 3.17. The van der Waals surface area contributed by atoms with Crippen molar-refractivity contribution in [3.05, 3.63) is 28.8 Å². The SMILES string of the molecule is CCC(N)Cc1cccc(Cl)c1N1CCN(CC)C(C)C1. The predicted molar refractivity (Wildman–Crippen MR) is 92.3 cm³/mol. The number of para-hydroxylation sites is 1. The average Bonchev–Trinajstić information content (AvgIpc) is 2.47. The second kappa shape index (κ2) is 7.48. The van der Waals surface area contributed by atoms with Crippen molar-refractivity contribution in [3.63, 3.8) is 0 Å².